The molecule has 2 amide bonds. The summed E-state index contributed by atoms with van der Waals surface area (Å²) in [6.07, 6.45) is 3.48. The molecule has 0 saturated carbocycles. The zero-order chi connectivity index (χ0) is 26.9. The summed E-state index contributed by atoms with van der Waals surface area (Å²) in [5.41, 5.74) is 2.36. The van der Waals surface area contributed by atoms with E-state index in [9.17, 15) is 9.59 Å². The molecule has 4 heterocycles. The van der Waals surface area contributed by atoms with Crippen LogP contribution in [0, 0.1) is 0 Å². The lowest BCUT2D eigenvalue weighted by Crippen LogP contribution is -2.49. The number of aromatic nitrogens is 4. The normalized spacial score (nSPS) is 15.6. The Balaban J connectivity index is 1.10. The van der Waals surface area contributed by atoms with Crippen LogP contribution in [-0.4, -0.2) is 94.7 Å². The highest BCUT2D eigenvalue weighted by Gasteiger charge is 2.35. The Kier molecular flexibility index (Phi) is 6.45. The van der Waals surface area contributed by atoms with Gasteiger partial charge in [-0.15, -0.1) is 5.10 Å². The van der Waals surface area contributed by atoms with Gasteiger partial charge in [-0.1, -0.05) is 12.1 Å². The third-order valence-electron chi connectivity index (χ3n) is 7.03. The molecule has 12 nitrogen and oxygen atoms in total. The van der Waals surface area contributed by atoms with Gasteiger partial charge in [0.2, 0.25) is 5.95 Å². The van der Waals surface area contributed by atoms with Gasteiger partial charge >= 0.3 is 0 Å². The van der Waals surface area contributed by atoms with E-state index in [0.29, 0.717) is 47.3 Å². The number of nitrogens with one attached hydrogen (secondary N) is 1. The van der Waals surface area contributed by atoms with Crippen molar-refractivity contribution in [1.82, 2.24) is 29.4 Å². The molecule has 2 aliphatic heterocycles. The van der Waals surface area contributed by atoms with Crippen LogP contribution in [0.5, 0.6) is 11.5 Å². The first-order chi connectivity index (χ1) is 19.0. The van der Waals surface area contributed by atoms with Crippen molar-refractivity contribution in [2.75, 3.05) is 63.7 Å². The van der Waals surface area contributed by atoms with Gasteiger partial charge in [0.15, 0.2) is 11.5 Å². The van der Waals surface area contributed by atoms with Crippen LogP contribution >= 0.6 is 0 Å². The maximum absolute atomic E-state index is 12.7. The Morgan fingerprint density at radius 1 is 0.897 bits per heavy atom. The van der Waals surface area contributed by atoms with Crippen LogP contribution in [0.1, 0.15) is 20.7 Å². The minimum Gasteiger partial charge on any atom is -0.497 e. The molecule has 0 unspecified atom stereocenters. The molecular formula is C27H28N8O4. The number of rotatable bonds is 8. The van der Waals surface area contributed by atoms with Crippen LogP contribution in [0.3, 0.4) is 0 Å². The predicted molar refractivity (Wildman–Crippen MR) is 144 cm³/mol. The molecule has 0 atom stereocenters. The van der Waals surface area contributed by atoms with E-state index in [4.69, 9.17) is 14.5 Å². The summed E-state index contributed by atoms with van der Waals surface area (Å²) in [6.45, 7) is 4.01. The lowest BCUT2D eigenvalue weighted by atomic mass is 10.1. The van der Waals surface area contributed by atoms with Gasteiger partial charge in [-0.2, -0.15) is 4.98 Å². The number of hydrogen-bond donors (Lipinski definition) is 1. The fourth-order valence-electron chi connectivity index (χ4n) is 4.96. The molecule has 0 spiro atoms. The fourth-order valence-corrected chi connectivity index (χ4v) is 4.96. The van der Waals surface area contributed by atoms with E-state index in [1.807, 2.05) is 12.1 Å². The summed E-state index contributed by atoms with van der Waals surface area (Å²) in [5.74, 6) is 2.07. The van der Waals surface area contributed by atoms with Crippen LogP contribution in [0.2, 0.25) is 0 Å². The number of amides is 2. The smallest absolute Gasteiger partial charge is 0.261 e. The first-order valence-electron chi connectivity index (χ1n) is 12.7. The molecule has 2 aromatic heterocycles. The molecule has 2 aliphatic rings. The number of hydrogen-bond acceptors (Lipinski definition) is 10. The SMILES string of the molecule is COc1cc(Nc2nc3c(N4CCN(CCN5C(=O)c6ccccc6C5=O)CC4)nccn3n2)cc(OC)c1. The zero-order valence-electron chi connectivity index (χ0n) is 21.7. The van der Waals surface area contributed by atoms with Crippen molar-refractivity contribution in [3.8, 4) is 11.5 Å². The van der Waals surface area contributed by atoms with Crippen molar-refractivity contribution < 1.29 is 19.1 Å². The summed E-state index contributed by atoms with van der Waals surface area (Å²) in [6, 6.07) is 12.5. The Morgan fingerprint density at radius 2 is 1.56 bits per heavy atom. The molecule has 1 saturated heterocycles. The molecular weight excluding hydrogens is 500 g/mol. The maximum atomic E-state index is 12.7. The highest BCUT2D eigenvalue weighted by molar-refractivity contribution is 6.21. The van der Waals surface area contributed by atoms with E-state index >= 15 is 0 Å². The second-order valence-electron chi connectivity index (χ2n) is 9.32. The van der Waals surface area contributed by atoms with Gasteiger partial charge in [0.05, 0.1) is 25.3 Å². The van der Waals surface area contributed by atoms with E-state index in [-0.39, 0.29) is 11.8 Å². The molecule has 0 radical (unpaired) electrons. The third-order valence-corrected chi connectivity index (χ3v) is 7.03. The lowest BCUT2D eigenvalue weighted by Gasteiger charge is -2.35. The van der Waals surface area contributed by atoms with Crippen molar-refractivity contribution in [3.05, 3.63) is 66.0 Å². The van der Waals surface area contributed by atoms with Gasteiger partial charge in [-0.3, -0.25) is 19.4 Å². The monoisotopic (exact) mass is 528 g/mol. The summed E-state index contributed by atoms with van der Waals surface area (Å²) in [7, 11) is 3.20. The Morgan fingerprint density at radius 3 is 2.21 bits per heavy atom. The first kappa shape index (κ1) is 24.6. The maximum Gasteiger partial charge on any atom is 0.261 e. The van der Waals surface area contributed by atoms with Crippen LogP contribution in [0.4, 0.5) is 17.5 Å². The summed E-state index contributed by atoms with van der Waals surface area (Å²) in [4.78, 5) is 40.4. The number of piperazine rings is 1. The average molecular weight is 529 g/mol. The minimum absolute atomic E-state index is 0.214. The number of ether oxygens (including phenoxy) is 2. The molecule has 1 fully saturated rings. The average Bonchev–Trinajstić information content (AvgIpc) is 3.49. The Labute approximate surface area is 224 Å². The van der Waals surface area contributed by atoms with Gasteiger partial charge < -0.3 is 19.7 Å². The second-order valence-corrected chi connectivity index (χ2v) is 9.32. The van der Waals surface area contributed by atoms with E-state index in [1.165, 1.54) is 4.90 Å². The molecule has 4 aromatic rings. The van der Waals surface area contributed by atoms with Crippen LogP contribution in [0.15, 0.2) is 54.9 Å². The van der Waals surface area contributed by atoms with E-state index < -0.39 is 0 Å². The van der Waals surface area contributed by atoms with Crippen LogP contribution in [0.25, 0.3) is 5.65 Å². The molecule has 6 rings (SSSR count). The number of methoxy groups -OCH3 is 2. The summed E-state index contributed by atoms with van der Waals surface area (Å²) in [5, 5.41) is 7.78. The highest BCUT2D eigenvalue weighted by atomic mass is 16.5. The molecule has 200 valence electrons. The number of carbonyl (C=O) groups excluding carboxylic acids is 2. The molecule has 1 N–H and O–H groups in total. The van der Waals surface area contributed by atoms with Crippen molar-refractivity contribution in [3.63, 3.8) is 0 Å². The van der Waals surface area contributed by atoms with Crippen molar-refractivity contribution in [2.24, 2.45) is 0 Å². The molecule has 0 aliphatic carbocycles. The van der Waals surface area contributed by atoms with E-state index in [2.05, 4.69) is 25.2 Å². The number of nitrogens with zero attached hydrogens (tertiary/aromatic N) is 7. The van der Waals surface area contributed by atoms with Crippen molar-refractivity contribution in [1.29, 1.82) is 0 Å². The van der Waals surface area contributed by atoms with E-state index in [0.717, 1.165) is 37.7 Å². The minimum atomic E-state index is -0.214. The number of anilines is 3. The Hall–Kier alpha value is -4.71. The molecule has 39 heavy (non-hydrogen) atoms. The summed E-state index contributed by atoms with van der Waals surface area (Å²) >= 11 is 0. The molecule has 2 aromatic carbocycles. The van der Waals surface area contributed by atoms with Crippen molar-refractivity contribution >= 4 is 34.9 Å². The van der Waals surface area contributed by atoms with E-state index in [1.54, 1.807) is 61.5 Å². The topological polar surface area (TPSA) is 117 Å². The van der Waals surface area contributed by atoms with Crippen molar-refractivity contribution in [2.45, 2.75) is 0 Å². The highest BCUT2D eigenvalue weighted by Crippen LogP contribution is 2.28. The lowest BCUT2D eigenvalue weighted by molar-refractivity contribution is 0.0635. The van der Waals surface area contributed by atoms with Gasteiger partial charge in [-0.05, 0) is 12.1 Å². The number of benzene rings is 2. The van der Waals surface area contributed by atoms with Gasteiger partial charge in [0.25, 0.3) is 11.8 Å². The van der Waals surface area contributed by atoms with Crippen LogP contribution < -0.4 is 19.7 Å². The second kappa shape index (κ2) is 10.2. The summed E-state index contributed by atoms with van der Waals surface area (Å²) < 4.78 is 12.4. The quantitative estimate of drug-likeness (QED) is 0.341. The number of imide groups is 1. The van der Waals surface area contributed by atoms with Crippen LogP contribution in [-0.2, 0) is 0 Å². The van der Waals surface area contributed by atoms with Gasteiger partial charge in [0.1, 0.15) is 11.5 Å². The third kappa shape index (κ3) is 4.70. The Bertz CT molecular complexity index is 1490. The fraction of sp³-hybridized carbons (Fsp3) is 0.296. The number of carbonyl (C=O) groups is 2. The predicted octanol–water partition coefficient (Wildman–Crippen LogP) is 2.30. The standard InChI is InChI=1S/C27H28N8O4/c1-38-19-15-18(16-20(17-19)39-2)29-27-30-24-23(28-7-8-35(24)31-27)33-12-9-32(10-13-33)11-14-34-25(36)21-5-3-4-6-22(21)26(34)37/h3-8,15-17H,9-14H2,1-2H3,(H,29,31). The van der Waals surface area contributed by atoms with Gasteiger partial charge in [-0.25, -0.2) is 9.50 Å². The molecule has 12 heteroatoms. The number of fused-ring (bicyclic) bond motifs is 2. The van der Waals surface area contributed by atoms with Gasteiger partial charge in [0, 0.05) is 75.5 Å². The largest absolute Gasteiger partial charge is 0.497 e. The molecule has 0 bridgehead atoms. The zero-order valence-corrected chi connectivity index (χ0v) is 21.7. The first-order valence-corrected chi connectivity index (χ1v) is 12.7.